The third-order valence-electron chi connectivity index (χ3n) is 5.88. The SMILES string of the molecule is O=C(CCC1CCC(F)(F)CC1)c1cn(C2CNC2)c2cccc(Cl)c12. The largest absolute Gasteiger partial charge is 0.341 e. The van der Waals surface area contributed by atoms with Crippen molar-refractivity contribution in [3.05, 3.63) is 35.0 Å². The highest BCUT2D eigenvalue weighted by Crippen LogP contribution is 2.38. The highest BCUT2D eigenvalue weighted by Gasteiger charge is 2.35. The second-order valence-electron chi connectivity index (χ2n) is 7.66. The Bertz CT molecular complexity index is 819. The third kappa shape index (κ3) is 3.39. The lowest BCUT2D eigenvalue weighted by Gasteiger charge is -2.29. The van der Waals surface area contributed by atoms with Crippen LogP contribution in [0.25, 0.3) is 10.9 Å². The summed E-state index contributed by atoms with van der Waals surface area (Å²) in [7, 11) is 0. The molecule has 2 aliphatic rings. The normalized spacial score (nSPS) is 21.0. The predicted octanol–water partition coefficient (Wildman–Crippen LogP) is 5.23. The molecular weight excluding hydrogens is 358 g/mol. The topological polar surface area (TPSA) is 34.0 Å². The van der Waals surface area contributed by atoms with Crippen LogP contribution in [0.15, 0.2) is 24.4 Å². The summed E-state index contributed by atoms with van der Waals surface area (Å²) in [4.78, 5) is 12.9. The fourth-order valence-corrected chi connectivity index (χ4v) is 4.38. The average Bonchev–Trinajstić information content (AvgIpc) is 2.93. The van der Waals surface area contributed by atoms with E-state index in [0.717, 1.165) is 24.0 Å². The van der Waals surface area contributed by atoms with Crippen molar-refractivity contribution < 1.29 is 13.6 Å². The van der Waals surface area contributed by atoms with Crippen molar-refractivity contribution in [2.24, 2.45) is 5.92 Å². The number of carbonyl (C=O) groups excluding carboxylic acids is 1. The van der Waals surface area contributed by atoms with Crippen molar-refractivity contribution in [2.75, 3.05) is 13.1 Å². The molecule has 2 fully saturated rings. The van der Waals surface area contributed by atoms with E-state index in [1.807, 2.05) is 24.4 Å². The average molecular weight is 381 g/mol. The van der Waals surface area contributed by atoms with Crippen LogP contribution in [0.1, 0.15) is 54.9 Å². The molecule has 1 N–H and O–H groups in total. The molecule has 2 aromatic rings. The maximum absolute atomic E-state index is 13.3. The van der Waals surface area contributed by atoms with Crippen LogP contribution in [0.3, 0.4) is 0 Å². The fourth-order valence-electron chi connectivity index (χ4n) is 4.11. The molecule has 4 rings (SSSR count). The van der Waals surface area contributed by atoms with Gasteiger partial charge in [0.2, 0.25) is 5.92 Å². The third-order valence-corrected chi connectivity index (χ3v) is 6.19. The molecule has 0 spiro atoms. The molecule has 6 heteroatoms. The van der Waals surface area contributed by atoms with E-state index in [0.29, 0.717) is 42.3 Å². The van der Waals surface area contributed by atoms with Gasteiger partial charge in [-0.3, -0.25) is 4.79 Å². The molecule has 1 aromatic heterocycles. The summed E-state index contributed by atoms with van der Waals surface area (Å²) in [5, 5.41) is 4.66. The van der Waals surface area contributed by atoms with Crippen LogP contribution < -0.4 is 5.32 Å². The van der Waals surface area contributed by atoms with Crippen LogP contribution in [0.5, 0.6) is 0 Å². The van der Waals surface area contributed by atoms with Gasteiger partial charge in [0.05, 0.1) is 16.6 Å². The molecular formula is C20H23ClF2N2O. The number of Topliss-reactive ketones (excluding diaryl/α,β-unsaturated/α-hetero) is 1. The molecule has 1 saturated heterocycles. The van der Waals surface area contributed by atoms with Crippen molar-refractivity contribution in [1.29, 1.82) is 0 Å². The molecule has 2 heterocycles. The van der Waals surface area contributed by atoms with E-state index in [2.05, 4.69) is 9.88 Å². The Morgan fingerprint density at radius 1 is 1.27 bits per heavy atom. The number of carbonyl (C=O) groups is 1. The van der Waals surface area contributed by atoms with Crippen molar-refractivity contribution in [1.82, 2.24) is 9.88 Å². The molecule has 1 aromatic carbocycles. The van der Waals surface area contributed by atoms with Gasteiger partial charge >= 0.3 is 0 Å². The van der Waals surface area contributed by atoms with E-state index in [1.165, 1.54) is 0 Å². The van der Waals surface area contributed by atoms with Crippen LogP contribution in [0.4, 0.5) is 8.78 Å². The van der Waals surface area contributed by atoms with E-state index >= 15 is 0 Å². The lowest BCUT2D eigenvalue weighted by atomic mass is 9.83. The van der Waals surface area contributed by atoms with Crippen molar-refractivity contribution in [2.45, 2.75) is 50.5 Å². The Labute approximate surface area is 156 Å². The molecule has 0 amide bonds. The van der Waals surface area contributed by atoms with Gasteiger partial charge in [-0.2, -0.15) is 0 Å². The highest BCUT2D eigenvalue weighted by molar-refractivity contribution is 6.37. The predicted molar refractivity (Wildman–Crippen MR) is 99.3 cm³/mol. The summed E-state index contributed by atoms with van der Waals surface area (Å²) in [6.07, 6.45) is 3.92. The van der Waals surface area contributed by atoms with Gasteiger partial charge in [-0.05, 0) is 37.3 Å². The summed E-state index contributed by atoms with van der Waals surface area (Å²) in [5.41, 5.74) is 1.66. The zero-order valence-electron chi connectivity index (χ0n) is 14.6. The van der Waals surface area contributed by atoms with Gasteiger partial charge in [-0.1, -0.05) is 17.7 Å². The maximum Gasteiger partial charge on any atom is 0.248 e. The van der Waals surface area contributed by atoms with Crippen molar-refractivity contribution >= 4 is 28.3 Å². The zero-order chi connectivity index (χ0) is 18.3. The van der Waals surface area contributed by atoms with E-state index in [-0.39, 0.29) is 24.5 Å². The smallest absolute Gasteiger partial charge is 0.248 e. The van der Waals surface area contributed by atoms with Gasteiger partial charge in [0, 0.05) is 49.5 Å². The summed E-state index contributed by atoms with van der Waals surface area (Å²) >= 11 is 6.40. The lowest BCUT2D eigenvalue weighted by molar-refractivity contribution is -0.0464. The van der Waals surface area contributed by atoms with Crippen molar-refractivity contribution in [3.63, 3.8) is 0 Å². The summed E-state index contributed by atoms with van der Waals surface area (Å²) in [6, 6.07) is 6.06. The Balaban J connectivity index is 1.52. The van der Waals surface area contributed by atoms with Crippen LogP contribution in [0, 0.1) is 5.92 Å². The number of nitrogens with zero attached hydrogens (tertiary/aromatic N) is 1. The monoisotopic (exact) mass is 380 g/mol. The zero-order valence-corrected chi connectivity index (χ0v) is 15.4. The van der Waals surface area contributed by atoms with Gasteiger partial charge in [-0.25, -0.2) is 8.78 Å². The first-order valence-corrected chi connectivity index (χ1v) is 9.73. The van der Waals surface area contributed by atoms with Crippen LogP contribution in [-0.2, 0) is 0 Å². The number of fused-ring (bicyclic) bond motifs is 1. The number of alkyl halides is 2. The number of benzene rings is 1. The van der Waals surface area contributed by atoms with Gasteiger partial charge < -0.3 is 9.88 Å². The Kier molecular flexibility index (Phi) is 4.78. The first-order valence-electron chi connectivity index (χ1n) is 9.35. The number of aromatic nitrogens is 1. The Morgan fingerprint density at radius 3 is 2.65 bits per heavy atom. The van der Waals surface area contributed by atoms with Gasteiger partial charge in [0.1, 0.15) is 0 Å². The first-order chi connectivity index (χ1) is 12.4. The molecule has 3 nitrogen and oxygen atoms in total. The van der Waals surface area contributed by atoms with E-state index in [9.17, 15) is 13.6 Å². The standard InChI is InChI=1S/C20H23ClF2N2O/c21-16-2-1-3-17-19(16)15(12-25(17)14-10-24-11-14)18(26)5-4-13-6-8-20(22,23)9-7-13/h1-3,12-14,24H,4-11H2. The van der Waals surface area contributed by atoms with Gasteiger partial charge in [-0.15, -0.1) is 0 Å². The minimum Gasteiger partial charge on any atom is -0.341 e. The Morgan fingerprint density at radius 2 is 2.00 bits per heavy atom. The van der Waals surface area contributed by atoms with Crippen LogP contribution >= 0.6 is 11.6 Å². The quantitative estimate of drug-likeness (QED) is 0.721. The Hall–Kier alpha value is -1.46. The number of rotatable bonds is 5. The van der Waals surface area contributed by atoms with E-state index in [1.54, 1.807) is 0 Å². The number of hydrogen-bond donors (Lipinski definition) is 1. The molecule has 1 aliphatic carbocycles. The van der Waals surface area contributed by atoms with E-state index in [4.69, 9.17) is 11.6 Å². The maximum atomic E-state index is 13.3. The molecule has 1 aliphatic heterocycles. The van der Waals surface area contributed by atoms with Gasteiger partial charge in [0.15, 0.2) is 5.78 Å². The number of hydrogen-bond acceptors (Lipinski definition) is 2. The minimum atomic E-state index is -2.52. The van der Waals surface area contributed by atoms with Gasteiger partial charge in [0.25, 0.3) is 0 Å². The van der Waals surface area contributed by atoms with E-state index < -0.39 is 5.92 Å². The van der Waals surface area contributed by atoms with Crippen LogP contribution in [0.2, 0.25) is 5.02 Å². The molecule has 0 radical (unpaired) electrons. The molecule has 0 bridgehead atoms. The lowest BCUT2D eigenvalue weighted by Crippen LogP contribution is -2.43. The number of nitrogens with one attached hydrogen (secondary N) is 1. The molecule has 140 valence electrons. The van der Waals surface area contributed by atoms with Crippen molar-refractivity contribution in [3.8, 4) is 0 Å². The molecule has 0 atom stereocenters. The summed E-state index contributed by atoms with van der Waals surface area (Å²) in [5.74, 6) is -2.23. The highest BCUT2D eigenvalue weighted by atomic mass is 35.5. The molecule has 26 heavy (non-hydrogen) atoms. The fraction of sp³-hybridized carbons (Fsp3) is 0.550. The number of ketones is 1. The molecule has 0 unspecified atom stereocenters. The summed E-state index contributed by atoms with van der Waals surface area (Å²) in [6.45, 7) is 1.78. The van der Waals surface area contributed by atoms with Crippen LogP contribution in [-0.4, -0.2) is 29.4 Å². The second kappa shape index (κ2) is 6.93. The second-order valence-corrected chi connectivity index (χ2v) is 8.06. The number of halogens is 3. The summed E-state index contributed by atoms with van der Waals surface area (Å²) < 4.78 is 28.7. The molecule has 1 saturated carbocycles. The minimum absolute atomic E-state index is 0.0499. The first kappa shape index (κ1) is 17.9.